The Balaban J connectivity index is 2.10. The zero-order chi connectivity index (χ0) is 17.0. The van der Waals surface area contributed by atoms with Crippen molar-refractivity contribution in [2.24, 2.45) is 0 Å². The summed E-state index contributed by atoms with van der Waals surface area (Å²) in [6, 6.07) is 9.37. The van der Waals surface area contributed by atoms with Gasteiger partial charge in [-0.15, -0.1) is 0 Å². The van der Waals surface area contributed by atoms with E-state index in [9.17, 15) is 9.59 Å². The average Bonchev–Trinajstić information content (AvgIpc) is 2.54. The number of rotatable bonds is 3. The quantitative estimate of drug-likeness (QED) is 0.745. The van der Waals surface area contributed by atoms with Crippen LogP contribution in [0.4, 0.5) is 0 Å². The van der Waals surface area contributed by atoms with Crippen LogP contribution in [0.1, 0.15) is 20.7 Å². The summed E-state index contributed by atoms with van der Waals surface area (Å²) in [6.45, 7) is 0. The first-order chi connectivity index (χ1) is 10.9. The number of methoxy groups -OCH3 is 1. The van der Waals surface area contributed by atoms with Gasteiger partial charge in [0.2, 0.25) is 0 Å². The third kappa shape index (κ3) is 4.37. The van der Waals surface area contributed by atoms with Crippen molar-refractivity contribution >= 4 is 50.9 Å². The Morgan fingerprint density at radius 2 is 1.65 bits per heavy atom. The minimum atomic E-state index is -0.544. The molecule has 0 aliphatic heterocycles. The summed E-state index contributed by atoms with van der Waals surface area (Å²) in [4.78, 5) is 24.2. The molecule has 0 fully saturated rings. The maximum absolute atomic E-state index is 12.1. The molecular weight excluding hydrogens is 407 g/mol. The van der Waals surface area contributed by atoms with Crippen molar-refractivity contribution in [2.45, 2.75) is 0 Å². The van der Waals surface area contributed by atoms with Crippen LogP contribution in [-0.4, -0.2) is 18.9 Å². The molecule has 0 bridgehead atoms. The van der Waals surface area contributed by atoms with Crippen LogP contribution in [-0.2, 0) is 0 Å². The number of hydrogen-bond acceptors (Lipinski definition) is 3. The number of benzene rings is 2. The molecule has 0 aliphatic carbocycles. The minimum Gasteiger partial charge on any atom is -0.496 e. The predicted octanol–water partition coefficient (Wildman–Crippen LogP) is 3.84. The van der Waals surface area contributed by atoms with Crippen LogP contribution in [0, 0.1) is 0 Å². The number of carbonyl (C=O) groups is 2. The second-order valence-corrected chi connectivity index (χ2v) is 6.14. The summed E-state index contributed by atoms with van der Waals surface area (Å²) in [5, 5.41) is 0.701. The van der Waals surface area contributed by atoms with Crippen LogP contribution in [0.2, 0.25) is 10.0 Å². The second-order valence-electron chi connectivity index (χ2n) is 4.38. The highest BCUT2D eigenvalue weighted by Crippen LogP contribution is 2.23. The molecule has 2 N–H and O–H groups in total. The number of hydrogen-bond donors (Lipinski definition) is 2. The first kappa shape index (κ1) is 17.6. The molecule has 120 valence electrons. The van der Waals surface area contributed by atoms with E-state index in [2.05, 4.69) is 26.8 Å². The molecule has 0 radical (unpaired) electrons. The Morgan fingerprint density at radius 3 is 2.30 bits per heavy atom. The van der Waals surface area contributed by atoms with E-state index in [1.807, 2.05) is 0 Å². The molecule has 8 heteroatoms. The summed E-state index contributed by atoms with van der Waals surface area (Å²) in [5.74, 6) is -0.791. The van der Waals surface area contributed by atoms with E-state index in [-0.39, 0.29) is 16.1 Å². The van der Waals surface area contributed by atoms with E-state index in [4.69, 9.17) is 27.9 Å². The molecular formula is C15H11BrCl2N2O3. The normalized spacial score (nSPS) is 10.1. The van der Waals surface area contributed by atoms with Crippen LogP contribution in [0.15, 0.2) is 40.9 Å². The molecule has 0 saturated carbocycles. The van der Waals surface area contributed by atoms with Crippen LogP contribution < -0.4 is 15.6 Å². The van der Waals surface area contributed by atoms with E-state index in [1.165, 1.54) is 19.2 Å². The molecule has 0 heterocycles. The molecule has 0 aromatic heterocycles. The fraction of sp³-hybridized carbons (Fsp3) is 0.0667. The lowest BCUT2D eigenvalue weighted by atomic mass is 10.2. The smallest absolute Gasteiger partial charge is 0.273 e. The Kier molecular flexibility index (Phi) is 5.87. The summed E-state index contributed by atoms with van der Waals surface area (Å²) < 4.78 is 5.78. The van der Waals surface area contributed by atoms with E-state index >= 15 is 0 Å². The SMILES string of the molecule is COc1cc(Cl)ccc1C(=O)NNC(=O)c1cc(Br)ccc1Cl. The van der Waals surface area contributed by atoms with Crippen LogP contribution in [0.25, 0.3) is 0 Å². The zero-order valence-electron chi connectivity index (χ0n) is 11.8. The van der Waals surface area contributed by atoms with Gasteiger partial charge in [-0.1, -0.05) is 39.1 Å². The number of amides is 2. The van der Waals surface area contributed by atoms with Crippen molar-refractivity contribution < 1.29 is 14.3 Å². The van der Waals surface area contributed by atoms with Crippen molar-refractivity contribution in [3.63, 3.8) is 0 Å². The molecule has 2 amide bonds. The maximum atomic E-state index is 12.1. The fourth-order valence-corrected chi connectivity index (χ4v) is 2.50. The van der Waals surface area contributed by atoms with Gasteiger partial charge in [0.1, 0.15) is 5.75 Å². The van der Waals surface area contributed by atoms with Crippen molar-refractivity contribution in [2.75, 3.05) is 7.11 Å². The van der Waals surface area contributed by atoms with Crippen LogP contribution in [0.3, 0.4) is 0 Å². The van der Waals surface area contributed by atoms with E-state index in [1.54, 1.807) is 24.3 Å². The Hall–Kier alpha value is -1.76. The summed E-state index contributed by atoms with van der Waals surface area (Å²) in [5.41, 5.74) is 5.06. The predicted molar refractivity (Wildman–Crippen MR) is 92.1 cm³/mol. The highest BCUT2D eigenvalue weighted by Gasteiger charge is 2.15. The lowest BCUT2D eigenvalue weighted by Gasteiger charge is -2.11. The highest BCUT2D eigenvalue weighted by atomic mass is 79.9. The van der Waals surface area contributed by atoms with Gasteiger partial charge in [-0.25, -0.2) is 0 Å². The van der Waals surface area contributed by atoms with Gasteiger partial charge in [-0.3, -0.25) is 20.4 Å². The molecule has 2 rings (SSSR count). The minimum absolute atomic E-state index is 0.226. The van der Waals surface area contributed by atoms with Crippen LogP contribution in [0.5, 0.6) is 5.75 Å². The first-order valence-corrected chi connectivity index (χ1v) is 7.86. The second kappa shape index (κ2) is 7.68. The Labute approximate surface area is 151 Å². The fourth-order valence-electron chi connectivity index (χ4n) is 1.77. The summed E-state index contributed by atoms with van der Waals surface area (Å²) in [6.07, 6.45) is 0. The number of halogens is 3. The Bertz CT molecular complexity index is 768. The van der Waals surface area contributed by atoms with E-state index < -0.39 is 11.8 Å². The summed E-state index contributed by atoms with van der Waals surface area (Å²) >= 11 is 15.1. The molecule has 0 saturated heterocycles. The Morgan fingerprint density at radius 1 is 1.00 bits per heavy atom. The highest BCUT2D eigenvalue weighted by molar-refractivity contribution is 9.10. The topological polar surface area (TPSA) is 67.4 Å². The standard InChI is InChI=1S/C15H11BrCl2N2O3/c1-23-13-7-9(17)3-4-10(13)14(21)19-20-15(22)11-6-8(16)2-5-12(11)18/h2-7H,1H3,(H,19,21)(H,20,22). The van der Waals surface area contributed by atoms with Crippen molar-refractivity contribution in [3.05, 3.63) is 62.0 Å². The maximum Gasteiger partial charge on any atom is 0.273 e. The van der Waals surface area contributed by atoms with Crippen molar-refractivity contribution in [1.82, 2.24) is 10.9 Å². The largest absolute Gasteiger partial charge is 0.496 e. The molecule has 5 nitrogen and oxygen atoms in total. The number of hydrazine groups is 1. The zero-order valence-corrected chi connectivity index (χ0v) is 14.9. The molecule has 0 atom stereocenters. The lowest BCUT2D eigenvalue weighted by Crippen LogP contribution is -2.41. The molecule has 0 aliphatic rings. The van der Waals surface area contributed by atoms with Gasteiger partial charge < -0.3 is 4.74 Å². The third-order valence-electron chi connectivity index (χ3n) is 2.87. The molecule has 2 aromatic carbocycles. The van der Waals surface area contributed by atoms with Crippen molar-refractivity contribution in [1.29, 1.82) is 0 Å². The van der Waals surface area contributed by atoms with Gasteiger partial charge in [-0.2, -0.15) is 0 Å². The summed E-state index contributed by atoms with van der Waals surface area (Å²) in [7, 11) is 1.42. The van der Waals surface area contributed by atoms with E-state index in [0.29, 0.717) is 15.2 Å². The first-order valence-electron chi connectivity index (χ1n) is 6.31. The third-order valence-corrected chi connectivity index (χ3v) is 3.93. The number of ether oxygens (including phenoxy) is 1. The monoisotopic (exact) mass is 416 g/mol. The number of nitrogens with one attached hydrogen (secondary N) is 2. The van der Waals surface area contributed by atoms with Crippen molar-refractivity contribution in [3.8, 4) is 5.75 Å². The number of carbonyl (C=O) groups excluding carboxylic acids is 2. The molecule has 0 spiro atoms. The van der Waals surface area contributed by atoms with Gasteiger partial charge >= 0.3 is 0 Å². The van der Waals surface area contributed by atoms with Gasteiger partial charge in [0.05, 0.1) is 23.3 Å². The molecule has 2 aromatic rings. The van der Waals surface area contributed by atoms with Gasteiger partial charge in [0, 0.05) is 9.50 Å². The van der Waals surface area contributed by atoms with Gasteiger partial charge in [-0.05, 0) is 36.4 Å². The lowest BCUT2D eigenvalue weighted by molar-refractivity contribution is 0.0845. The average molecular weight is 418 g/mol. The van der Waals surface area contributed by atoms with E-state index in [0.717, 1.165) is 0 Å². The van der Waals surface area contributed by atoms with Gasteiger partial charge in [0.25, 0.3) is 11.8 Å². The van der Waals surface area contributed by atoms with Gasteiger partial charge in [0.15, 0.2) is 0 Å². The molecule has 23 heavy (non-hydrogen) atoms. The molecule has 0 unspecified atom stereocenters. The van der Waals surface area contributed by atoms with Crippen LogP contribution >= 0.6 is 39.1 Å².